The Balaban J connectivity index is 2.45. The topological polar surface area (TPSA) is 46.5 Å². The minimum absolute atomic E-state index is 0.0518. The van der Waals surface area contributed by atoms with Gasteiger partial charge in [0.15, 0.2) is 0 Å². The molecule has 0 aliphatic carbocycles. The Morgan fingerprint density at radius 3 is 2.30 bits per heavy atom. The van der Waals surface area contributed by atoms with E-state index in [4.69, 9.17) is 11.6 Å². The van der Waals surface area contributed by atoms with Gasteiger partial charge in [0.2, 0.25) is 0 Å². The summed E-state index contributed by atoms with van der Waals surface area (Å²) in [4.78, 5) is 0.233. The minimum atomic E-state index is -3.72. The predicted octanol–water partition coefficient (Wildman–Crippen LogP) is 5.76. The molecule has 2 rings (SSSR count). The van der Waals surface area contributed by atoms with Crippen LogP contribution < -0.4 is 0 Å². The van der Waals surface area contributed by atoms with Crippen molar-refractivity contribution in [2.75, 3.05) is 0 Å². The molecule has 0 atom stereocenters. The van der Waals surface area contributed by atoms with Crippen molar-refractivity contribution in [1.82, 2.24) is 0 Å². The summed E-state index contributed by atoms with van der Waals surface area (Å²) < 4.78 is 30.4. The van der Waals surface area contributed by atoms with Gasteiger partial charge in [0.1, 0.15) is 0 Å². The number of hydrogen-bond acceptors (Lipinski definition) is 2. The molecule has 2 aromatic rings. The van der Waals surface area contributed by atoms with Gasteiger partial charge >= 0.3 is 174 Å². The zero-order chi connectivity index (χ0) is 19.9. The predicted molar refractivity (Wildman–Crippen MR) is 116 cm³/mol. The molecule has 0 radical (unpaired) electrons. The van der Waals surface area contributed by atoms with E-state index in [1.54, 1.807) is 24.3 Å². The van der Waals surface area contributed by atoms with Gasteiger partial charge in [-0.2, -0.15) is 0 Å². The van der Waals surface area contributed by atoms with Crippen molar-refractivity contribution in [2.45, 2.75) is 43.8 Å². The van der Waals surface area contributed by atoms with E-state index in [1.165, 1.54) is 0 Å². The van der Waals surface area contributed by atoms with Crippen LogP contribution >= 0.6 is 11.6 Å². The van der Waals surface area contributed by atoms with Gasteiger partial charge in [0.05, 0.1) is 0 Å². The van der Waals surface area contributed by atoms with Crippen molar-refractivity contribution in [3.05, 3.63) is 70.3 Å². The number of unbranched alkanes of at least 4 members (excludes halogenated alkanes) is 1. The normalized spacial score (nSPS) is 13.0. The van der Waals surface area contributed by atoms with Crippen molar-refractivity contribution in [3.8, 4) is 0 Å². The van der Waals surface area contributed by atoms with Crippen molar-refractivity contribution in [3.63, 3.8) is 0 Å². The number of halogens is 1. The molecule has 0 N–H and O–H groups in total. The van der Waals surface area contributed by atoms with Crippen LogP contribution in [0.4, 0.5) is 0 Å². The van der Waals surface area contributed by atoms with Gasteiger partial charge in [-0.05, 0) is 0 Å². The average Bonchev–Trinajstić information content (AvgIpc) is 2.65. The molecule has 6 heteroatoms. The summed E-state index contributed by atoms with van der Waals surface area (Å²) in [5.41, 5.74) is 3.00. The molecule has 0 bridgehead atoms. The number of nitrogens with zero attached hydrogens (tertiary/aromatic N) is 1. The molecular formula is C21H24ClNO2SSe. The van der Waals surface area contributed by atoms with E-state index in [1.807, 2.05) is 43.1 Å². The molecule has 144 valence electrons. The fourth-order valence-corrected chi connectivity index (χ4v) is 5.56. The molecule has 0 aliphatic heterocycles. The molecule has 0 unspecified atom stereocenters. The van der Waals surface area contributed by atoms with Crippen LogP contribution in [0.1, 0.15) is 37.3 Å². The first-order valence-corrected chi connectivity index (χ1v) is 13.2. The third kappa shape index (κ3) is 6.61. The molecule has 0 fully saturated rings. The van der Waals surface area contributed by atoms with E-state index in [-0.39, 0.29) is 19.9 Å². The molecule has 0 aliphatic rings. The maximum atomic E-state index is 12.8. The molecule has 2 aromatic carbocycles. The number of hydrogen-bond donors (Lipinski definition) is 0. The Hall–Kier alpha value is -1.39. The van der Waals surface area contributed by atoms with E-state index in [0.29, 0.717) is 9.63 Å². The Bertz CT molecular complexity index is 918. The van der Waals surface area contributed by atoms with E-state index in [0.717, 1.165) is 36.0 Å². The Labute approximate surface area is 173 Å². The van der Waals surface area contributed by atoms with Gasteiger partial charge in [-0.15, -0.1) is 0 Å². The van der Waals surface area contributed by atoms with Crippen molar-refractivity contribution >= 4 is 47.3 Å². The Kier molecular flexibility index (Phi) is 8.30. The monoisotopic (exact) mass is 469 g/mol. The SMILES string of the molecule is CCCCC(=C\c1ccc(Cl)cc1)/C(=N\S(=O)(=O)c1ccc(C)cc1)[Se]C. The molecule has 0 amide bonds. The number of benzene rings is 2. The molecule has 3 nitrogen and oxygen atoms in total. The molecule has 0 aromatic heterocycles. The molecular weight excluding hydrogens is 445 g/mol. The maximum absolute atomic E-state index is 12.8. The van der Waals surface area contributed by atoms with Crippen LogP contribution in [0, 0.1) is 6.92 Å². The van der Waals surface area contributed by atoms with E-state index < -0.39 is 10.0 Å². The molecule has 27 heavy (non-hydrogen) atoms. The standard InChI is InChI=1S/C21H24ClNO2SSe/c1-4-5-6-18(15-17-9-11-19(22)12-10-17)21(27-3)23-26(24,25)20-13-7-16(2)8-14-20/h7-15H,4-6H2,1-3H3/b18-15+,23-21+. The third-order valence-corrected chi connectivity index (χ3v) is 7.36. The molecule has 0 saturated heterocycles. The zero-order valence-corrected chi connectivity index (χ0v) is 19.1. The fraction of sp³-hybridized carbons (Fsp3) is 0.286. The molecule has 0 heterocycles. The Morgan fingerprint density at radius 1 is 1.11 bits per heavy atom. The summed E-state index contributed by atoms with van der Waals surface area (Å²) in [6.07, 6.45) is 4.85. The first kappa shape index (κ1) is 21.9. The van der Waals surface area contributed by atoms with Crippen LogP contribution in [-0.2, 0) is 10.0 Å². The second-order valence-corrected chi connectivity index (χ2v) is 9.92. The van der Waals surface area contributed by atoms with Crippen LogP contribution in [0.3, 0.4) is 0 Å². The quantitative estimate of drug-likeness (QED) is 0.365. The summed E-state index contributed by atoms with van der Waals surface area (Å²) in [5.74, 6) is 2.00. The summed E-state index contributed by atoms with van der Waals surface area (Å²) in [5, 5.41) is 0.679. The Morgan fingerprint density at radius 2 is 1.74 bits per heavy atom. The van der Waals surface area contributed by atoms with Crippen molar-refractivity contribution in [2.24, 2.45) is 4.40 Å². The first-order chi connectivity index (χ1) is 12.9. The van der Waals surface area contributed by atoms with E-state index in [9.17, 15) is 8.42 Å². The number of sulfonamides is 1. The summed E-state index contributed by atoms with van der Waals surface area (Å²) >= 11 is 5.92. The molecule has 0 spiro atoms. The first-order valence-electron chi connectivity index (χ1n) is 8.78. The second-order valence-electron chi connectivity index (χ2n) is 6.21. The average molecular weight is 469 g/mol. The zero-order valence-electron chi connectivity index (χ0n) is 15.8. The second kappa shape index (κ2) is 10.2. The van der Waals surface area contributed by atoms with Crippen molar-refractivity contribution < 1.29 is 8.42 Å². The van der Waals surface area contributed by atoms with Crippen LogP contribution in [0.5, 0.6) is 0 Å². The van der Waals surface area contributed by atoms with Gasteiger partial charge in [0, 0.05) is 0 Å². The van der Waals surface area contributed by atoms with E-state index in [2.05, 4.69) is 11.3 Å². The summed E-state index contributed by atoms with van der Waals surface area (Å²) in [7, 11) is -3.72. The van der Waals surface area contributed by atoms with Crippen LogP contribution in [0.15, 0.2) is 63.4 Å². The number of rotatable bonds is 8. The van der Waals surface area contributed by atoms with Crippen LogP contribution in [-0.4, -0.2) is 28.0 Å². The van der Waals surface area contributed by atoms with Gasteiger partial charge in [-0.25, -0.2) is 0 Å². The van der Waals surface area contributed by atoms with Gasteiger partial charge in [0.25, 0.3) is 0 Å². The number of aryl methyl sites for hydroxylation is 1. The van der Waals surface area contributed by atoms with E-state index >= 15 is 0 Å². The van der Waals surface area contributed by atoms with Crippen LogP contribution in [0.25, 0.3) is 6.08 Å². The van der Waals surface area contributed by atoms with Crippen LogP contribution in [0.2, 0.25) is 10.8 Å². The van der Waals surface area contributed by atoms with Gasteiger partial charge < -0.3 is 0 Å². The summed E-state index contributed by atoms with van der Waals surface area (Å²) in [6.45, 7) is 4.05. The third-order valence-electron chi connectivity index (χ3n) is 4.00. The number of allylic oxidation sites excluding steroid dienone is 1. The van der Waals surface area contributed by atoms with Gasteiger partial charge in [-0.1, -0.05) is 0 Å². The fourth-order valence-electron chi connectivity index (χ4n) is 2.47. The molecule has 0 saturated carbocycles. The van der Waals surface area contributed by atoms with Gasteiger partial charge in [-0.3, -0.25) is 0 Å². The summed E-state index contributed by atoms with van der Waals surface area (Å²) in [6, 6.07) is 14.4. The van der Waals surface area contributed by atoms with Crippen molar-refractivity contribution in [1.29, 1.82) is 0 Å².